The first kappa shape index (κ1) is 16.9. The number of aromatic nitrogens is 3. The molecule has 6 nitrogen and oxygen atoms in total. The van der Waals surface area contributed by atoms with Gasteiger partial charge < -0.3 is 9.64 Å². The molecule has 1 saturated heterocycles. The molecule has 1 atom stereocenters. The van der Waals surface area contributed by atoms with E-state index in [1.54, 1.807) is 4.57 Å². The molecular weight excluding hydrogens is 324 g/mol. The van der Waals surface area contributed by atoms with Gasteiger partial charge in [0.25, 0.3) is 0 Å². The van der Waals surface area contributed by atoms with Crippen molar-refractivity contribution in [2.75, 3.05) is 19.7 Å². The Balaban J connectivity index is 1.80. The largest absolute Gasteiger partial charge is 0.375 e. The van der Waals surface area contributed by atoms with Crippen LogP contribution >= 0.6 is 12.2 Å². The molecule has 0 aliphatic carbocycles. The number of benzene rings is 1. The highest BCUT2D eigenvalue weighted by atomic mass is 32.1. The van der Waals surface area contributed by atoms with Crippen LogP contribution in [0.25, 0.3) is 11.4 Å². The van der Waals surface area contributed by atoms with E-state index in [1.807, 2.05) is 36.1 Å². The van der Waals surface area contributed by atoms with Crippen LogP contribution in [0.2, 0.25) is 0 Å². The van der Waals surface area contributed by atoms with Crippen molar-refractivity contribution in [1.82, 2.24) is 19.7 Å². The number of carbonyl (C=O) groups excluding carboxylic acids is 1. The predicted octanol–water partition coefficient (Wildman–Crippen LogP) is 2.55. The molecule has 0 bridgehead atoms. The number of aryl methyl sites for hydroxylation is 1. The fourth-order valence-corrected chi connectivity index (χ4v) is 3.01. The molecule has 2 aromatic rings. The first-order valence-corrected chi connectivity index (χ1v) is 8.61. The quantitative estimate of drug-likeness (QED) is 0.864. The maximum absolute atomic E-state index is 12.7. The van der Waals surface area contributed by atoms with E-state index in [0.717, 1.165) is 12.0 Å². The lowest BCUT2D eigenvalue weighted by Gasteiger charge is -2.32. The zero-order valence-corrected chi connectivity index (χ0v) is 14.8. The van der Waals surface area contributed by atoms with Gasteiger partial charge in [-0.15, -0.1) is 0 Å². The van der Waals surface area contributed by atoms with E-state index in [1.165, 1.54) is 5.56 Å². The lowest BCUT2D eigenvalue weighted by atomic mass is 10.1. The summed E-state index contributed by atoms with van der Waals surface area (Å²) in [5.41, 5.74) is 2.11. The van der Waals surface area contributed by atoms with E-state index in [4.69, 9.17) is 17.0 Å². The molecule has 2 heterocycles. The number of nitrogens with zero attached hydrogens (tertiary/aromatic N) is 3. The van der Waals surface area contributed by atoms with Gasteiger partial charge in [-0.25, -0.2) is 0 Å². The Morgan fingerprint density at radius 2 is 2.17 bits per heavy atom. The van der Waals surface area contributed by atoms with Crippen LogP contribution in [0.3, 0.4) is 0 Å². The third-order valence-electron chi connectivity index (χ3n) is 4.31. The topological polar surface area (TPSA) is 63.2 Å². The maximum atomic E-state index is 12.7. The second-order valence-electron chi connectivity index (χ2n) is 6.05. The summed E-state index contributed by atoms with van der Waals surface area (Å²) in [6.45, 7) is 6.15. The Morgan fingerprint density at radius 1 is 1.42 bits per heavy atom. The van der Waals surface area contributed by atoms with Crippen molar-refractivity contribution in [2.24, 2.45) is 0 Å². The fraction of sp³-hybridized carbons (Fsp3) is 0.471. The van der Waals surface area contributed by atoms with Crippen molar-refractivity contribution in [3.63, 3.8) is 0 Å². The van der Waals surface area contributed by atoms with Crippen molar-refractivity contribution in [1.29, 1.82) is 0 Å². The normalized spacial score (nSPS) is 17.9. The van der Waals surface area contributed by atoms with Gasteiger partial charge in [-0.3, -0.25) is 14.5 Å². The molecule has 3 rings (SSSR count). The SMILES string of the molecule is CCC1CN(C(=O)Cn2c(-c3ccc(C)cc3)n[nH]c2=S)CCO1. The van der Waals surface area contributed by atoms with Crippen molar-refractivity contribution >= 4 is 18.1 Å². The zero-order chi connectivity index (χ0) is 17.1. The summed E-state index contributed by atoms with van der Waals surface area (Å²) in [5, 5.41) is 7.09. The van der Waals surface area contributed by atoms with Crippen LogP contribution in [-0.2, 0) is 16.1 Å². The summed E-state index contributed by atoms with van der Waals surface area (Å²) in [6.07, 6.45) is 1.03. The number of morpholine rings is 1. The molecule has 1 N–H and O–H groups in total. The van der Waals surface area contributed by atoms with Gasteiger partial charge in [-0.1, -0.05) is 36.8 Å². The smallest absolute Gasteiger partial charge is 0.242 e. The lowest BCUT2D eigenvalue weighted by molar-refractivity contribution is -0.139. The molecule has 1 aromatic carbocycles. The summed E-state index contributed by atoms with van der Waals surface area (Å²) in [5.74, 6) is 0.733. The lowest BCUT2D eigenvalue weighted by Crippen LogP contribution is -2.46. The molecule has 0 spiro atoms. The fourth-order valence-electron chi connectivity index (χ4n) is 2.82. The number of amides is 1. The monoisotopic (exact) mass is 346 g/mol. The molecule has 1 fully saturated rings. The highest BCUT2D eigenvalue weighted by molar-refractivity contribution is 7.71. The number of aromatic amines is 1. The number of rotatable bonds is 4. The number of nitrogens with one attached hydrogen (secondary N) is 1. The van der Waals surface area contributed by atoms with Crippen molar-refractivity contribution < 1.29 is 9.53 Å². The molecule has 24 heavy (non-hydrogen) atoms. The van der Waals surface area contributed by atoms with Crippen LogP contribution in [0.1, 0.15) is 18.9 Å². The van der Waals surface area contributed by atoms with Gasteiger partial charge in [0.1, 0.15) is 6.54 Å². The molecule has 1 amide bonds. The van der Waals surface area contributed by atoms with Gasteiger partial charge in [-0.05, 0) is 25.6 Å². The number of H-pyrrole nitrogens is 1. The number of carbonyl (C=O) groups is 1. The van der Waals surface area contributed by atoms with Crippen LogP contribution in [0.5, 0.6) is 0 Å². The van der Waals surface area contributed by atoms with Crippen LogP contribution in [0, 0.1) is 11.7 Å². The Bertz CT molecular complexity index is 766. The van der Waals surface area contributed by atoms with Crippen LogP contribution in [0.15, 0.2) is 24.3 Å². The summed E-state index contributed by atoms with van der Waals surface area (Å²) in [7, 11) is 0. The number of hydrogen-bond donors (Lipinski definition) is 1. The van der Waals surface area contributed by atoms with Crippen molar-refractivity contribution in [2.45, 2.75) is 32.9 Å². The highest BCUT2D eigenvalue weighted by Gasteiger charge is 2.24. The third-order valence-corrected chi connectivity index (χ3v) is 4.62. The second kappa shape index (κ2) is 7.27. The van der Waals surface area contributed by atoms with E-state index in [-0.39, 0.29) is 18.6 Å². The Morgan fingerprint density at radius 3 is 2.88 bits per heavy atom. The Kier molecular flexibility index (Phi) is 5.11. The maximum Gasteiger partial charge on any atom is 0.242 e. The summed E-state index contributed by atoms with van der Waals surface area (Å²) in [6, 6.07) is 8.02. The van der Waals surface area contributed by atoms with Gasteiger partial charge in [0.2, 0.25) is 5.91 Å². The van der Waals surface area contributed by atoms with Crippen LogP contribution in [0.4, 0.5) is 0 Å². The van der Waals surface area contributed by atoms with Gasteiger partial charge in [-0.2, -0.15) is 5.10 Å². The molecule has 0 saturated carbocycles. The van der Waals surface area contributed by atoms with Gasteiger partial charge in [0, 0.05) is 18.7 Å². The minimum Gasteiger partial charge on any atom is -0.375 e. The standard InChI is InChI=1S/C17H22N4O2S/c1-3-14-10-20(8-9-23-14)15(22)11-21-16(18-19-17(21)24)13-6-4-12(2)5-7-13/h4-7,14H,3,8-11H2,1-2H3,(H,19,24). The van der Waals surface area contributed by atoms with Crippen molar-refractivity contribution in [3.05, 3.63) is 34.6 Å². The van der Waals surface area contributed by atoms with Gasteiger partial charge >= 0.3 is 0 Å². The van der Waals surface area contributed by atoms with E-state index >= 15 is 0 Å². The average Bonchev–Trinajstić information content (AvgIpc) is 2.96. The molecule has 0 radical (unpaired) electrons. The molecule has 1 unspecified atom stereocenters. The summed E-state index contributed by atoms with van der Waals surface area (Å²) < 4.78 is 7.85. The third kappa shape index (κ3) is 3.57. The van der Waals surface area contributed by atoms with E-state index in [2.05, 4.69) is 17.1 Å². The molecule has 7 heteroatoms. The first-order valence-electron chi connectivity index (χ1n) is 8.20. The van der Waals surface area contributed by atoms with Crippen LogP contribution in [-0.4, -0.2) is 51.4 Å². The summed E-state index contributed by atoms with van der Waals surface area (Å²) in [4.78, 5) is 14.5. The second-order valence-corrected chi connectivity index (χ2v) is 6.43. The van der Waals surface area contributed by atoms with E-state index in [9.17, 15) is 4.79 Å². The van der Waals surface area contributed by atoms with E-state index < -0.39 is 0 Å². The molecule has 1 aliphatic heterocycles. The number of ether oxygens (including phenoxy) is 1. The zero-order valence-electron chi connectivity index (χ0n) is 14.0. The minimum atomic E-state index is 0.0441. The molecule has 128 valence electrons. The molecule has 1 aliphatic rings. The minimum absolute atomic E-state index is 0.0441. The average molecular weight is 346 g/mol. The Hall–Kier alpha value is -1.99. The van der Waals surface area contributed by atoms with Gasteiger partial charge in [0.05, 0.1) is 12.7 Å². The molecule has 1 aromatic heterocycles. The van der Waals surface area contributed by atoms with Crippen molar-refractivity contribution in [3.8, 4) is 11.4 Å². The number of hydrogen-bond acceptors (Lipinski definition) is 4. The van der Waals surface area contributed by atoms with Gasteiger partial charge in [0.15, 0.2) is 10.6 Å². The molecular formula is C17H22N4O2S. The van der Waals surface area contributed by atoms with Crippen LogP contribution < -0.4 is 0 Å². The predicted molar refractivity (Wildman–Crippen MR) is 94.2 cm³/mol. The Labute approximate surface area is 146 Å². The first-order chi connectivity index (χ1) is 11.6. The summed E-state index contributed by atoms with van der Waals surface area (Å²) >= 11 is 5.31. The van der Waals surface area contributed by atoms with E-state index in [0.29, 0.717) is 30.3 Å². The highest BCUT2D eigenvalue weighted by Crippen LogP contribution is 2.18.